The number of fused-ring (bicyclic) bond motifs is 1. The number of carbonyl (C=O) groups is 2. The molecule has 0 fully saturated rings. The van der Waals surface area contributed by atoms with E-state index >= 15 is 0 Å². The first-order chi connectivity index (χ1) is 14.7. The normalized spacial score (nSPS) is 11.4. The number of alkyl halides is 3. The van der Waals surface area contributed by atoms with Gasteiger partial charge >= 0.3 is 6.18 Å². The molecule has 0 aliphatic carbocycles. The minimum Gasteiger partial charge on any atom is -0.343 e. The van der Waals surface area contributed by atoms with E-state index in [2.05, 4.69) is 15.3 Å². The summed E-state index contributed by atoms with van der Waals surface area (Å²) in [6.45, 7) is 2.61. The van der Waals surface area contributed by atoms with E-state index in [1.807, 2.05) is 13.8 Å². The van der Waals surface area contributed by atoms with Crippen LogP contribution in [-0.2, 0) is 12.8 Å². The minimum atomic E-state index is -4.48. The number of benzene rings is 2. The maximum absolute atomic E-state index is 12.6. The van der Waals surface area contributed by atoms with Crippen LogP contribution < -0.4 is 10.6 Å². The molecule has 0 bridgehead atoms. The fourth-order valence-electron chi connectivity index (χ4n) is 3.03. The van der Waals surface area contributed by atoms with Crippen LogP contribution in [0.25, 0.3) is 11.0 Å². The summed E-state index contributed by atoms with van der Waals surface area (Å²) in [5.74, 6) is -1.22. The van der Waals surface area contributed by atoms with Crippen LogP contribution in [0.3, 0.4) is 0 Å². The third-order valence-electron chi connectivity index (χ3n) is 4.61. The van der Waals surface area contributed by atoms with Crippen molar-refractivity contribution in [3.8, 4) is 0 Å². The van der Waals surface area contributed by atoms with Gasteiger partial charge in [-0.1, -0.05) is 13.8 Å². The number of rotatable bonds is 6. The van der Waals surface area contributed by atoms with E-state index < -0.39 is 18.6 Å². The average Bonchev–Trinajstić information content (AvgIpc) is 2.76. The Hall–Kier alpha value is -3.49. The van der Waals surface area contributed by atoms with Gasteiger partial charge in [-0.25, -0.2) is 9.97 Å². The van der Waals surface area contributed by atoms with E-state index in [4.69, 9.17) is 0 Å². The highest BCUT2D eigenvalue weighted by atomic mass is 19.4. The summed E-state index contributed by atoms with van der Waals surface area (Å²) in [5.41, 5.74) is 4.01. The minimum absolute atomic E-state index is 0.0575. The van der Waals surface area contributed by atoms with Gasteiger partial charge in [-0.2, -0.15) is 13.2 Å². The van der Waals surface area contributed by atoms with Crippen LogP contribution in [0.2, 0.25) is 0 Å². The summed E-state index contributed by atoms with van der Waals surface area (Å²) in [4.78, 5) is 33.6. The fourth-order valence-corrected chi connectivity index (χ4v) is 3.03. The third-order valence-corrected chi connectivity index (χ3v) is 4.61. The number of anilines is 1. The van der Waals surface area contributed by atoms with Gasteiger partial charge < -0.3 is 10.6 Å². The largest absolute Gasteiger partial charge is 0.405 e. The van der Waals surface area contributed by atoms with Crippen LogP contribution >= 0.6 is 0 Å². The number of nitrogens with zero attached hydrogens (tertiary/aromatic N) is 2. The molecule has 1 aromatic heterocycles. The molecule has 3 rings (SSSR count). The number of hydrogen-bond acceptors (Lipinski definition) is 4. The number of carbonyl (C=O) groups excluding carboxylic acids is 2. The maximum atomic E-state index is 12.6. The Kier molecular flexibility index (Phi) is 6.53. The molecule has 2 amide bonds. The lowest BCUT2D eigenvalue weighted by Crippen LogP contribution is -2.33. The van der Waals surface area contributed by atoms with E-state index in [1.165, 1.54) is 24.3 Å². The molecule has 0 aliphatic rings. The van der Waals surface area contributed by atoms with Crippen molar-refractivity contribution < 1.29 is 22.8 Å². The second-order valence-electron chi connectivity index (χ2n) is 6.86. The highest BCUT2D eigenvalue weighted by molar-refractivity contribution is 6.06. The van der Waals surface area contributed by atoms with Crippen molar-refractivity contribution in [3.05, 3.63) is 65.0 Å². The van der Waals surface area contributed by atoms with Crippen LogP contribution in [0.15, 0.2) is 42.5 Å². The quantitative estimate of drug-likeness (QED) is 0.611. The lowest BCUT2D eigenvalue weighted by molar-refractivity contribution is -0.123. The van der Waals surface area contributed by atoms with Crippen molar-refractivity contribution in [3.63, 3.8) is 0 Å². The van der Waals surface area contributed by atoms with Gasteiger partial charge in [0.05, 0.1) is 22.4 Å². The SMILES string of the molecule is CCc1nc2ccc(C(=O)Nc3ccc(C(=O)NCC(F)(F)F)cc3)cc2nc1CC. The van der Waals surface area contributed by atoms with Crippen molar-refractivity contribution in [1.82, 2.24) is 15.3 Å². The second-order valence-corrected chi connectivity index (χ2v) is 6.86. The molecule has 31 heavy (non-hydrogen) atoms. The molecular formula is C22H21F3N4O2. The number of amides is 2. The smallest absolute Gasteiger partial charge is 0.343 e. The number of nitrogens with one attached hydrogen (secondary N) is 2. The highest BCUT2D eigenvalue weighted by Crippen LogP contribution is 2.18. The fraction of sp³-hybridized carbons (Fsp3) is 0.273. The zero-order valence-corrected chi connectivity index (χ0v) is 17.0. The summed E-state index contributed by atoms with van der Waals surface area (Å²) < 4.78 is 36.6. The van der Waals surface area contributed by atoms with Gasteiger partial charge in [0, 0.05) is 16.8 Å². The van der Waals surface area contributed by atoms with Gasteiger partial charge in [0.2, 0.25) is 0 Å². The van der Waals surface area contributed by atoms with E-state index in [9.17, 15) is 22.8 Å². The summed E-state index contributed by atoms with van der Waals surface area (Å²) in [6.07, 6.45) is -2.96. The van der Waals surface area contributed by atoms with E-state index in [0.717, 1.165) is 24.2 Å². The molecule has 3 aromatic rings. The van der Waals surface area contributed by atoms with Crippen molar-refractivity contribution in [1.29, 1.82) is 0 Å². The van der Waals surface area contributed by atoms with Crippen LogP contribution in [0.5, 0.6) is 0 Å². The zero-order chi connectivity index (χ0) is 22.6. The van der Waals surface area contributed by atoms with Gasteiger partial charge in [0.25, 0.3) is 11.8 Å². The van der Waals surface area contributed by atoms with Crippen LogP contribution in [0.4, 0.5) is 18.9 Å². The number of aromatic nitrogens is 2. The molecule has 2 aromatic carbocycles. The average molecular weight is 430 g/mol. The van der Waals surface area contributed by atoms with Gasteiger partial charge in [-0.05, 0) is 55.3 Å². The Morgan fingerprint density at radius 1 is 0.839 bits per heavy atom. The molecule has 0 saturated heterocycles. The molecular weight excluding hydrogens is 409 g/mol. The van der Waals surface area contributed by atoms with Gasteiger partial charge in [0.15, 0.2) is 0 Å². The highest BCUT2D eigenvalue weighted by Gasteiger charge is 2.27. The number of hydrogen-bond donors (Lipinski definition) is 2. The van der Waals surface area contributed by atoms with Crippen molar-refractivity contribution >= 4 is 28.5 Å². The molecule has 6 nitrogen and oxygen atoms in total. The number of halogens is 3. The maximum Gasteiger partial charge on any atom is 0.405 e. The molecule has 0 atom stereocenters. The first kappa shape index (κ1) is 22.2. The molecule has 0 saturated carbocycles. The molecule has 1 heterocycles. The Labute approximate surface area is 176 Å². The second kappa shape index (κ2) is 9.11. The van der Waals surface area contributed by atoms with Crippen molar-refractivity contribution in [2.24, 2.45) is 0 Å². The van der Waals surface area contributed by atoms with E-state index in [0.29, 0.717) is 22.3 Å². The summed E-state index contributed by atoms with van der Waals surface area (Å²) in [6, 6.07) is 10.6. The summed E-state index contributed by atoms with van der Waals surface area (Å²) >= 11 is 0. The van der Waals surface area contributed by atoms with Crippen molar-refractivity contribution in [2.75, 3.05) is 11.9 Å². The summed E-state index contributed by atoms with van der Waals surface area (Å²) in [5, 5.41) is 4.49. The Morgan fingerprint density at radius 2 is 1.42 bits per heavy atom. The summed E-state index contributed by atoms with van der Waals surface area (Å²) in [7, 11) is 0. The Bertz CT molecular complexity index is 1110. The lowest BCUT2D eigenvalue weighted by atomic mass is 10.1. The van der Waals surface area contributed by atoms with Crippen molar-refractivity contribution in [2.45, 2.75) is 32.9 Å². The first-order valence-electron chi connectivity index (χ1n) is 9.76. The van der Waals surface area contributed by atoms with E-state index in [-0.39, 0.29) is 11.5 Å². The molecule has 9 heteroatoms. The van der Waals surface area contributed by atoms with Gasteiger partial charge in [0.1, 0.15) is 6.54 Å². The zero-order valence-electron chi connectivity index (χ0n) is 17.0. The Morgan fingerprint density at radius 3 is 2.00 bits per heavy atom. The van der Waals surface area contributed by atoms with Gasteiger partial charge in [-0.3, -0.25) is 9.59 Å². The molecule has 0 aliphatic heterocycles. The molecule has 0 radical (unpaired) electrons. The predicted molar refractivity (Wildman–Crippen MR) is 111 cm³/mol. The standard InChI is InChI=1S/C22H21F3N4O2/c1-3-16-17(4-2)29-19-11-14(7-10-18(19)28-16)21(31)27-15-8-5-13(6-9-15)20(30)26-12-22(23,24)25/h5-11H,3-4,12H2,1-2H3,(H,26,30)(H,27,31). The van der Waals surface area contributed by atoms with Crippen LogP contribution in [-0.4, -0.2) is 34.5 Å². The predicted octanol–water partition coefficient (Wildman–Crippen LogP) is 4.30. The Balaban J connectivity index is 1.72. The molecule has 2 N–H and O–H groups in total. The first-order valence-corrected chi connectivity index (χ1v) is 9.76. The molecule has 0 unspecified atom stereocenters. The molecule has 0 spiro atoms. The monoisotopic (exact) mass is 430 g/mol. The molecule has 162 valence electrons. The third kappa shape index (κ3) is 5.56. The van der Waals surface area contributed by atoms with E-state index in [1.54, 1.807) is 23.5 Å². The van der Waals surface area contributed by atoms with Crippen LogP contribution in [0.1, 0.15) is 46.0 Å². The topological polar surface area (TPSA) is 84.0 Å². The van der Waals surface area contributed by atoms with Crippen LogP contribution in [0, 0.1) is 0 Å². The van der Waals surface area contributed by atoms with Gasteiger partial charge in [-0.15, -0.1) is 0 Å². The number of aryl methyl sites for hydroxylation is 2. The lowest BCUT2D eigenvalue weighted by Gasteiger charge is -2.10.